The minimum atomic E-state index is -0.210. The molecule has 2 aromatic carbocycles. The molecule has 0 spiro atoms. The lowest BCUT2D eigenvalue weighted by Crippen LogP contribution is -2.38. The Morgan fingerprint density at radius 1 is 1.11 bits per heavy atom. The molecule has 0 amide bonds. The summed E-state index contributed by atoms with van der Waals surface area (Å²) >= 11 is 0. The second-order valence-electron chi connectivity index (χ2n) is 5.11. The maximum atomic E-state index is 13.0. The molecule has 2 aromatic rings. The van der Waals surface area contributed by atoms with Crippen molar-refractivity contribution in [1.29, 1.82) is 0 Å². The van der Waals surface area contributed by atoms with Crippen LogP contribution in [0.4, 0.5) is 10.1 Å². The highest BCUT2D eigenvalue weighted by Gasteiger charge is 2.23. The van der Waals surface area contributed by atoms with E-state index in [1.807, 2.05) is 24.3 Å². The highest BCUT2D eigenvalue weighted by atomic mass is 19.1. The Kier molecular flexibility index (Phi) is 2.90. The standard InChI is InChI=1S/C16H16FNO/c1-11-8-13-9-16(19)7-2-12(13)10-18(11)15-5-3-14(17)4-6-15/h2-7,9,11,19H,8,10H2,1H3. The highest BCUT2D eigenvalue weighted by molar-refractivity contribution is 5.51. The number of benzene rings is 2. The van der Waals surface area contributed by atoms with Crippen LogP contribution in [0.25, 0.3) is 0 Å². The first-order valence-corrected chi connectivity index (χ1v) is 6.46. The summed E-state index contributed by atoms with van der Waals surface area (Å²) in [5.74, 6) is 0.111. The molecular formula is C16H16FNO. The molecule has 1 unspecified atom stereocenters. The van der Waals surface area contributed by atoms with Gasteiger partial charge in [-0.2, -0.15) is 0 Å². The van der Waals surface area contributed by atoms with Gasteiger partial charge >= 0.3 is 0 Å². The van der Waals surface area contributed by atoms with Crippen molar-refractivity contribution in [2.45, 2.75) is 25.9 Å². The van der Waals surface area contributed by atoms with Crippen LogP contribution in [0, 0.1) is 5.82 Å². The molecule has 0 saturated heterocycles. The molecule has 0 fully saturated rings. The van der Waals surface area contributed by atoms with Gasteiger partial charge in [-0.15, -0.1) is 0 Å². The minimum absolute atomic E-state index is 0.210. The average Bonchev–Trinajstić information content (AvgIpc) is 2.39. The number of anilines is 1. The molecule has 0 radical (unpaired) electrons. The summed E-state index contributed by atoms with van der Waals surface area (Å²) in [5, 5.41) is 9.53. The summed E-state index contributed by atoms with van der Waals surface area (Å²) in [6.07, 6.45) is 0.890. The molecule has 1 N–H and O–H groups in total. The molecule has 0 saturated carbocycles. The summed E-state index contributed by atoms with van der Waals surface area (Å²) in [4.78, 5) is 2.26. The van der Waals surface area contributed by atoms with Gasteiger partial charge in [-0.25, -0.2) is 4.39 Å². The molecule has 19 heavy (non-hydrogen) atoms. The van der Waals surface area contributed by atoms with Crippen molar-refractivity contribution in [2.24, 2.45) is 0 Å². The van der Waals surface area contributed by atoms with Crippen molar-refractivity contribution in [3.8, 4) is 5.75 Å². The first kappa shape index (κ1) is 12.0. The van der Waals surface area contributed by atoms with Gasteiger partial charge in [0.1, 0.15) is 11.6 Å². The fourth-order valence-electron chi connectivity index (χ4n) is 2.70. The average molecular weight is 257 g/mol. The van der Waals surface area contributed by atoms with Gasteiger partial charge in [0.2, 0.25) is 0 Å². The predicted octanol–water partition coefficient (Wildman–Crippen LogP) is 3.48. The van der Waals surface area contributed by atoms with Crippen LogP contribution in [0.15, 0.2) is 42.5 Å². The summed E-state index contributed by atoms with van der Waals surface area (Å²) in [5.41, 5.74) is 3.46. The Bertz CT molecular complexity index is 594. The van der Waals surface area contributed by atoms with Crippen molar-refractivity contribution < 1.29 is 9.50 Å². The number of phenolic OH excluding ortho intramolecular Hbond substituents is 1. The van der Waals surface area contributed by atoms with Crippen LogP contribution in [0.2, 0.25) is 0 Å². The van der Waals surface area contributed by atoms with E-state index in [9.17, 15) is 9.50 Å². The fraction of sp³-hybridized carbons (Fsp3) is 0.250. The number of aromatic hydroxyl groups is 1. The van der Waals surface area contributed by atoms with Crippen LogP contribution in [0.3, 0.4) is 0 Å². The van der Waals surface area contributed by atoms with Crippen LogP contribution in [0.5, 0.6) is 5.75 Å². The van der Waals surface area contributed by atoms with Gasteiger partial charge in [-0.3, -0.25) is 0 Å². The molecule has 1 atom stereocenters. The van der Waals surface area contributed by atoms with E-state index < -0.39 is 0 Å². The van der Waals surface area contributed by atoms with Crippen molar-refractivity contribution in [1.82, 2.24) is 0 Å². The molecular weight excluding hydrogens is 241 g/mol. The van der Waals surface area contributed by atoms with E-state index in [0.717, 1.165) is 18.7 Å². The molecule has 98 valence electrons. The number of fused-ring (bicyclic) bond motifs is 1. The van der Waals surface area contributed by atoms with E-state index in [4.69, 9.17) is 0 Å². The first-order valence-electron chi connectivity index (χ1n) is 6.46. The molecule has 1 heterocycles. The second-order valence-corrected chi connectivity index (χ2v) is 5.11. The Morgan fingerprint density at radius 2 is 1.84 bits per heavy atom. The quantitative estimate of drug-likeness (QED) is 0.845. The number of nitrogens with zero attached hydrogens (tertiary/aromatic N) is 1. The summed E-state index contributed by atoms with van der Waals surface area (Å²) in [7, 11) is 0. The number of phenols is 1. The first-order chi connectivity index (χ1) is 9.13. The monoisotopic (exact) mass is 257 g/mol. The van der Waals surface area contributed by atoms with E-state index >= 15 is 0 Å². The summed E-state index contributed by atoms with van der Waals surface area (Å²) in [6.45, 7) is 2.94. The van der Waals surface area contributed by atoms with Crippen molar-refractivity contribution in [3.63, 3.8) is 0 Å². The van der Waals surface area contributed by atoms with Crippen molar-refractivity contribution >= 4 is 5.69 Å². The van der Waals surface area contributed by atoms with Crippen LogP contribution in [-0.2, 0) is 13.0 Å². The minimum Gasteiger partial charge on any atom is -0.508 e. The number of hydrogen-bond acceptors (Lipinski definition) is 2. The Labute approximate surface area is 112 Å². The van der Waals surface area contributed by atoms with Crippen molar-refractivity contribution in [3.05, 3.63) is 59.4 Å². The van der Waals surface area contributed by atoms with E-state index in [1.165, 1.54) is 23.3 Å². The third-order valence-corrected chi connectivity index (χ3v) is 3.74. The lowest BCUT2D eigenvalue weighted by atomic mass is 9.94. The zero-order valence-electron chi connectivity index (χ0n) is 10.8. The summed E-state index contributed by atoms with van der Waals surface area (Å²) < 4.78 is 13.0. The van der Waals surface area contributed by atoms with Crippen LogP contribution >= 0.6 is 0 Å². The van der Waals surface area contributed by atoms with Gasteiger partial charge in [0.25, 0.3) is 0 Å². The molecule has 0 aromatic heterocycles. The van der Waals surface area contributed by atoms with Gasteiger partial charge in [0.05, 0.1) is 0 Å². The van der Waals surface area contributed by atoms with Gasteiger partial charge in [-0.1, -0.05) is 6.07 Å². The molecule has 3 heteroatoms. The zero-order valence-corrected chi connectivity index (χ0v) is 10.8. The number of hydrogen-bond donors (Lipinski definition) is 1. The maximum absolute atomic E-state index is 13.0. The molecule has 2 nitrogen and oxygen atoms in total. The molecule has 1 aliphatic heterocycles. The largest absolute Gasteiger partial charge is 0.508 e. The Morgan fingerprint density at radius 3 is 2.58 bits per heavy atom. The highest BCUT2D eigenvalue weighted by Crippen LogP contribution is 2.30. The normalized spacial score (nSPS) is 18.2. The van der Waals surface area contributed by atoms with Gasteiger partial charge in [-0.05, 0) is 60.9 Å². The van der Waals surface area contributed by atoms with E-state index in [2.05, 4.69) is 11.8 Å². The van der Waals surface area contributed by atoms with Gasteiger partial charge < -0.3 is 10.0 Å². The Balaban J connectivity index is 1.93. The van der Waals surface area contributed by atoms with Crippen LogP contribution < -0.4 is 4.90 Å². The van der Waals surface area contributed by atoms with E-state index in [1.54, 1.807) is 6.07 Å². The third kappa shape index (κ3) is 2.28. The van der Waals surface area contributed by atoms with E-state index in [-0.39, 0.29) is 5.82 Å². The molecule has 0 bridgehead atoms. The molecule has 0 aliphatic carbocycles. The van der Waals surface area contributed by atoms with E-state index in [0.29, 0.717) is 11.8 Å². The topological polar surface area (TPSA) is 23.5 Å². The lowest BCUT2D eigenvalue weighted by molar-refractivity contribution is 0.472. The SMILES string of the molecule is CC1Cc2cc(O)ccc2CN1c1ccc(F)cc1. The smallest absolute Gasteiger partial charge is 0.123 e. The second kappa shape index (κ2) is 4.57. The van der Waals surface area contributed by atoms with Crippen LogP contribution in [-0.4, -0.2) is 11.1 Å². The fourth-order valence-corrected chi connectivity index (χ4v) is 2.70. The lowest BCUT2D eigenvalue weighted by Gasteiger charge is -2.36. The number of halogens is 1. The molecule has 3 rings (SSSR count). The van der Waals surface area contributed by atoms with Gasteiger partial charge in [0, 0.05) is 18.3 Å². The maximum Gasteiger partial charge on any atom is 0.123 e. The zero-order chi connectivity index (χ0) is 13.4. The predicted molar refractivity (Wildman–Crippen MR) is 73.9 cm³/mol. The third-order valence-electron chi connectivity index (χ3n) is 3.74. The van der Waals surface area contributed by atoms with Crippen molar-refractivity contribution in [2.75, 3.05) is 4.90 Å². The van der Waals surface area contributed by atoms with Crippen LogP contribution in [0.1, 0.15) is 18.1 Å². The van der Waals surface area contributed by atoms with Gasteiger partial charge in [0.15, 0.2) is 0 Å². The molecule has 1 aliphatic rings. The Hall–Kier alpha value is -2.03. The summed E-state index contributed by atoms with van der Waals surface area (Å²) in [6, 6.07) is 12.5. The number of rotatable bonds is 1.